The average Bonchev–Trinajstić information content (AvgIpc) is 3.07. The third-order valence-electron chi connectivity index (χ3n) is 3.37. The van der Waals surface area contributed by atoms with E-state index < -0.39 is 0 Å². The maximum Gasteiger partial charge on any atom is 0.125 e. The molecule has 1 aliphatic heterocycles. The molecular weight excluding hydrogens is 258 g/mol. The minimum Gasteiger partial charge on any atom is -0.379 e. The summed E-state index contributed by atoms with van der Waals surface area (Å²) < 4.78 is 5.44. The van der Waals surface area contributed by atoms with E-state index in [9.17, 15) is 0 Å². The molecule has 2 aromatic rings. The monoisotopic (exact) mass is 275 g/mol. The summed E-state index contributed by atoms with van der Waals surface area (Å²) in [4.78, 5) is 9.83. The molecule has 1 aliphatic rings. The lowest BCUT2D eigenvalue weighted by molar-refractivity contribution is 0.171. The molecule has 1 fully saturated rings. The highest BCUT2D eigenvalue weighted by Gasteiger charge is 2.28. The van der Waals surface area contributed by atoms with Gasteiger partial charge in [0.1, 0.15) is 5.01 Å². The normalized spacial score (nSPS) is 22.8. The number of nitrogens with one attached hydrogen (secondary N) is 1. The molecule has 0 aliphatic carbocycles. The molecule has 19 heavy (non-hydrogen) atoms. The van der Waals surface area contributed by atoms with Crippen LogP contribution in [0.4, 0.5) is 0 Å². The summed E-state index contributed by atoms with van der Waals surface area (Å²) in [6.07, 6.45) is 6.64. The largest absolute Gasteiger partial charge is 0.379 e. The molecule has 4 nitrogen and oxygen atoms in total. The predicted molar refractivity (Wildman–Crippen MR) is 76.0 cm³/mol. The SMILES string of the molecule is C[C@@]1(NCc2cnc(-c3cccnc3)s2)CCOC1. The zero-order valence-electron chi connectivity index (χ0n) is 10.9. The van der Waals surface area contributed by atoms with E-state index in [0.717, 1.165) is 36.8 Å². The number of ether oxygens (including phenoxy) is 1. The van der Waals surface area contributed by atoms with Crippen LogP contribution in [0.15, 0.2) is 30.7 Å². The number of aromatic nitrogens is 2. The topological polar surface area (TPSA) is 47.0 Å². The van der Waals surface area contributed by atoms with E-state index in [2.05, 4.69) is 22.2 Å². The number of thiazole rings is 1. The van der Waals surface area contributed by atoms with Crippen molar-refractivity contribution in [1.29, 1.82) is 0 Å². The van der Waals surface area contributed by atoms with Gasteiger partial charge in [-0.15, -0.1) is 11.3 Å². The Morgan fingerprint density at radius 1 is 1.47 bits per heavy atom. The van der Waals surface area contributed by atoms with Crippen LogP contribution in [-0.4, -0.2) is 28.7 Å². The number of rotatable bonds is 4. The molecule has 1 saturated heterocycles. The first kappa shape index (κ1) is 12.7. The second kappa shape index (κ2) is 5.36. The molecule has 3 rings (SSSR count). The smallest absolute Gasteiger partial charge is 0.125 e. The van der Waals surface area contributed by atoms with Gasteiger partial charge in [0.05, 0.1) is 6.61 Å². The first-order chi connectivity index (χ1) is 9.25. The molecule has 100 valence electrons. The summed E-state index contributed by atoms with van der Waals surface area (Å²) in [6.45, 7) is 4.70. The number of nitrogens with zero attached hydrogens (tertiary/aromatic N) is 2. The first-order valence-corrected chi connectivity index (χ1v) is 7.25. The van der Waals surface area contributed by atoms with Gasteiger partial charge in [-0.1, -0.05) is 0 Å². The van der Waals surface area contributed by atoms with Crippen molar-refractivity contribution >= 4 is 11.3 Å². The summed E-state index contributed by atoms with van der Waals surface area (Å²) in [6, 6.07) is 3.97. The Kier molecular flexibility index (Phi) is 3.59. The average molecular weight is 275 g/mol. The van der Waals surface area contributed by atoms with E-state index >= 15 is 0 Å². The molecule has 0 radical (unpaired) electrons. The minimum atomic E-state index is 0.110. The Labute approximate surface area is 116 Å². The maximum absolute atomic E-state index is 5.44. The zero-order valence-corrected chi connectivity index (χ0v) is 11.7. The van der Waals surface area contributed by atoms with Gasteiger partial charge in [-0.2, -0.15) is 0 Å². The van der Waals surface area contributed by atoms with E-state index in [4.69, 9.17) is 4.74 Å². The maximum atomic E-state index is 5.44. The molecule has 0 saturated carbocycles. The Morgan fingerprint density at radius 3 is 3.16 bits per heavy atom. The van der Waals surface area contributed by atoms with Crippen molar-refractivity contribution in [2.75, 3.05) is 13.2 Å². The fraction of sp³-hybridized carbons (Fsp3) is 0.429. The van der Waals surface area contributed by atoms with Crippen molar-refractivity contribution < 1.29 is 4.74 Å². The van der Waals surface area contributed by atoms with Crippen LogP contribution in [0.1, 0.15) is 18.2 Å². The second-order valence-corrected chi connectivity index (χ2v) is 6.21. The van der Waals surface area contributed by atoms with E-state index in [-0.39, 0.29) is 5.54 Å². The first-order valence-electron chi connectivity index (χ1n) is 6.43. The van der Waals surface area contributed by atoms with Crippen LogP contribution in [0.3, 0.4) is 0 Å². The van der Waals surface area contributed by atoms with Gasteiger partial charge in [0, 0.05) is 47.7 Å². The molecule has 5 heteroatoms. The van der Waals surface area contributed by atoms with Crippen molar-refractivity contribution in [1.82, 2.24) is 15.3 Å². The molecular formula is C14H17N3OS. The summed E-state index contributed by atoms with van der Waals surface area (Å²) in [5, 5.41) is 4.59. The number of pyridine rings is 1. The summed E-state index contributed by atoms with van der Waals surface area (Å²) in [7, 11) is 0. The number of hydrogen-bond donors (Lipinski definition) is 1. The molecule has 2 aromatic heterocycles. The van der Waals surface area contributed by atoms with Crippen LogP contribution in [-0.2, 0) is 11.3 Å². The number of hydrogen-bond acceptors (Lipinski definition) is 5. The van der Waals surface area contributed by atoms with Gasteiger partial charge < -0.3 is 10.1 Å². The summed E-state index contributed by atoms with van der Waals surface area (Å²) >= 11 is 1.71. The zero-order chi connectivity index (χ0) is 13.1. The lowest BCUT2D eigenvalue weighted by Crippen LogP contribution is -2.42. The van der Waals surface area contributed by atoms with Crippen molar-refractivity contribution in [3.05, 3.63) is 35.6 Å². The standard InChI is InChI=1S/C14H17N3OS/c1-14(4-6-18-10-14)17-9-12-8-16-13(19-12)11-3-2-5-15-7-11/h2-3,5,7-8,17H,4,6,9-10H2,1H3/t14-/m1/s1. The van der Waals surface area contributed by atoms with E-state index in [0.29, 0.717) is 0 Å². The van der Waals surface area contributed by atoms with Crippen LogP contribution in [0.5, 0.6) is 0 Å². The third-order valence-corrected chi connectivity index (χ3v) is 4.42. The van der Waals surface area contributed by atoms with Crippen LogP contribution in [0, 0.1) is 0 Å². The van der Waals surface area contributed by atoms with Crippen molar-refractivity contribution in [3.8, 4) is 10.6 Å². The van der Waals surface area contributed by atoms with Crippen molar-refractivity contribution in [3.63, 3.8) is 0 Å². The van der Waals surface area contributed by atoms with Crippen LogP contribution < -0.4 is 5.32 Å². The van der Waals surface area contributed by atoms with Gasteiger partial charge in [-0.25, -0.2) is 4.98 Å². The predicted octanol–water partition coefficient (Wildman–Crippen LogP) is 2.47. The van der Waals surface area contributed by atoms with Gasteiger partial charge in [0.15, 0.2) is 0 Å². The lowest BCUT2D eigenvalue weighted by atomic mass is 10.0. The minimum absolute atomic E-state index is 0.110. The van der Waals surface area contributed by atoms with Gasteiger partial charge in [-0.05, 0) is 25.5 Å². The third kappa shape index (κ3) is 3.00. The molecule has 0 bridgehead atoms. The Hall–Kier alpha value is -1.30. The van der Waals surface area contributed by atoms with Crippen LogP contribution >= 0.6 is 11.3 Å². The van der Waals surface area contributed by atoms with Crippen LogP contribution in [0.25, 0.3) is 10.6 Å². The van der Waals surface area contributed by atoms with Gasteiger partial charge in [0.25, 0.3) is 0 Å². The van der Waals surface area contributed by atoms with E-state index in [1.165, 1.54) is 4.88 Å². The quantitative estimate of drug-likeness (QED) is 0.931. The molecule has 0 amide bonds. The highest BCUT2D eigenvalue weighted by atomic mass is 32.1. The fourth-order valence-corrected chi connectivity index (χ4v) is 2.96. The molecule has 1 N–H and O–H groups in total. The summed E-state index contributed by atoms with van der Waals surface area (Å²) in [5.74, 6) is 0. The molecule has 0 unspecified atom stereocenters. The van der Waals surface area contributed by atoms with E-state index in [1.807, 2.05) is 24.5 Å². The highest BCUT2D eigenvalue weighted by molar-refractivity contribution is 7.15. The van der Waals surface area contributed by atoms with Crippen molar-refractivity contribution in [2.45, 2.75) is 25.4 Å². The summed E-state index contributed by atoms with van der Waals surface area (Å²) in [5.41, 5.74) is 1.19. The molecule has 3 heterocycles. The highest BCUT2D eigenvalue weighted by Crippen LogP contribution is 2.25. The van der Waals surface area contributed by atoms with E-state index in [1.54, 1.807) is 17.5 Å². The van der Waals surface area contributed by atoms with Crippen molar-refractivity contribution in [2.24, 2.45) is 0 Å². The van der Waals surface area contributed by atoms with Gasteiger partial charge in [-0.3, -0.25) is 4.98 Å². The fourth-order valence-electron chi connectivity index (χ4n) is 2.12. The molecule has 1 atom stereocenters. The Morgan fingerprint density at radius 2 is 2.42 bits per heavy atom. The van der Waals surface area contributed by atoms with Gasteiger partial charge >= 0.3 is 0 Å². The van der Waals surface area contributed by atoms with Crippen LogP contribution in [0.2, 0.25) is 0 Å². The Bertz CT molecular complexity index is 535. The lowest BCUT2D eigenvalue weighted by Gasteiger charge is -2.22. The molecule has 0 aromatic carbocycles. The van der Waals surface area contributed by atoms with Gasteiger partial charge in [0.2, 0.25) is 0 Å². The molecule has 0 spiro atoms. The Balaban J connectivity index is 1.65. The second-order valence-electron chi connectivity index (χ2n) is 5.09.